The van der Waals surface area contributed by atoms with E-state index in [2.05, 4.69) is 0 Å². The molecule has 4 nitrogen and oxygen atoms in total. The maximum Gasteiger partial charge on any atom is 0.328 e. The van der Waals surface area contributed by atoms with Crippen LogP contribution in [0.4, 0.5) is 8.78 Å². The number of hydrogen-bond donors (Lipinski definition) is 1. The lowest BCUT2D eigenvalue weighted by Gasteiger charge is -2.22. The lowest BCUT2D eigenvalue weighted by atomic mass is 10.1. The van der Waals surface area contributed by atoms with Crippen LogP contribution in [-0.4, -0.2) is 30.4 Å². The molecular formula is C15H16F2O4. The Morgan fingerprint density at radius 2 is 2.10 bits per heavy atom. The summed E-state index contributed by atoms with van der Waals surface area (Å²) >= 11 is 0. The maximum atomic E-state index is 13.8. The molecule has 0 spiro atoms. The second kappa shape index (κ2) is 7.17. The van der Waals surface area contributed by atoms with Gasteiger partial charge in [-0.05, 0) is 43.0 Å². The van der Waals surface area contributed by atoms with Gasteiger partial charge < -0.3 is 14.6 Å². The van der Waals surface area contributed by atoms with E-state index in [0.717, 1.165) is 43.5 Å². The van der Waals surface area contributed by atoms with Gasteiger partial charge in [-0.3, -0.25) is 0 Å². The van der Waals surface area contributed by atoms with E-state index < -0.39 is 23.4 Å². The lowest BCUT2D eigenvalue weighted by molar-refractivity contribution is -0.131. The quantitative estimate of drug-likeness (QED) is 0.849. The molecule has 1 atom stereocenters. The first kappa shape index (κ1) is 15.4. The smallest absolute Gasteiger partial charge is 0.328 e. The highest BCUT2D eigenvalue weighted by atomic mass is 19.1. The molecule has 0 saturated carbocycles. The summed E-state index contributed by atoms with van der Waals surface area (Å²) in [5.41, 5.74) is 0.119. The van der Waals surface area contributed by atoms with Crippen molar-refractivity contribution in [3.05, 3.63) is 35.4 Å². The van der Waals surface area contributed by atoms with Crippen molar-refractivity contribution >= 4 is 12.0 Å². The van der Waals surface area contributed by atoms with E-state index in [1.165, 1.54) is 0 Å². The second-order valence-corrected chi connectivity index (χ2v) is 4.78. The zero-order valence-corrected chi connectivity index (χ0v) is 11.4. The van der Waals surface area contributed by atoms with Crippen LogP contribution in [0.5, 0.6) is 5.75 Å². The molecule has 0 aromatic heterocycles. The minimum Gasteiger partial charge on any atom is -0.485 e. The number of carboxylic acids is 1. The van der Waals surface area contributed by atoms with Gasteiger partial charge >= 0.3 is 5.97 Å². The molecular weight excluding hydrogens is 282 g/mol. The molecule has 1 aliphatic heterocycles. The molecule has 0 aliphatic carbocycles. The predicted octanol–water partition coefficient (Wildman–Crippen LogP) is 3.01. The minimum atomic E-state index is -1.19. The number of halogens is 2. The van der Waals surface area contributed by atoms with Crippen molar-refractivity contribution in [2.75, 3.05) is 13.2 Å². The topological polar surface area (TPSA) is 55.8 Å². The van der Waals surface area contributed by atoms with Crippen molar-refractivity contribution in [1.29, 1.82) is 0 Å². The van der Waals surface area contributed by atoms with Gasteiger partial charge in [-0.1, -0.05) is 0 Å². The Labute approximate surface area is 121 Å². The van der Waals surface area contributed by atoms with E-state index in [1.807, 2.05) is 0 Å². The van der Waals surface area contributed by atoms with Crippen molar-refractivity contribution in [3.8, 4) is 5.75 Å². The molecule has 0 radical (unpaired) electrons. The first-order valence-electron chi connectivity index (χ1n) is 6.70. The van der Waals surface area contributed by atoms with Gasteiger partial charge in [0.05, 0.1) is 6.10 Å². The number of carbonyl (C=O) groups is 1. The number of rotatable bonds is 5. The van der Waals surface area contributed by atoms with Crippen LogP contribution in [0.1, 0.15) is 24.8 Å². The highest BCUT2D eigenvalue weighted by Crippen LogP contribution is 2.25. The molecule has 6 heteroatoms. The van der Waals surface area contributed by atoms with Gasteiger partial charge in [-0.2, -0.15) is 0 Å². The number of ether oxygens (including phenoxy) is 2. The van der Waals surface area contributed by atoms with Crippen molar-refractivity contribution in [2.45, 2.75) is 25.4 Å². The van der Waals surface area contributed by atoms with Crippen LogP contribution in [0.2, 0.25) is 0 Å². The fourth-order valence-corrected chi connectivity index (χ4v) is 2.10. The molecule has 1 fully saturated rings. The normalized spacial score (nSPS) is 18.9. The van der Waals surface area contributed by atoms with E-state index in [1.54, 1.807) is 0 Å². The zero-order chi connectivity index (χ0) is 15.2. The number of aliphatic carboxylic acids is 1. The summed E-state index contributed by atoms with van der Waals surface area (Å²) in [5, 5.41) is 8.48. The summed E-state index contributed by atoms with van der Waals surface area (Å²) in [6.45, 7) is 0.732. The van der Waals surface area contributed by atoms with E-state index in [0.29, 0.717) is 6.61 Å². The van der Waals surface area contributed by atoms with Gasteiger partial charge in [0.15, 0.2) is 17.4 Å². The van der Waals surface area contributed by atoms with Gasteiger partial charge in [0.1, 0.15) is 6.61 Å². The van der Waals surface area contributed by atoms with Crippen molar-refractivity contribution < 1.29 is 28.2 Å². The summed E-state index contributed by atoms with van der Waals surface area (Å²) in [7, 11) is 0. The highest BCUT2D eigenvalue weighted by Gasteiger charge is 2.18. The molecule has 1 aromatic carbocycles. The molecule has 21 heavy (non-hydrogen) atoms. The van der Waals surface area contributed by atoms with E-state index in [4.69, 9.17) is 14.6 Å². The van der Waals surface area contributed by atoms with Crippen LogP contribution in [0.15, 0.2) is 18.2 Å². The maximum absolute atomic E-state index is 13.8. The molecule has 1 unspecified atom stereocenters. The third-order valence-corrected chi connectivity index (χ3v) is 3.13. The molecule has 1 N–H and O–H groups in total. The molecule has 1 aromatic rings. The molecule has 2 rings (SSSR count). The fraction of sp³-hybridized carbons (Fsp3) is 0.400. The molecule has 0 amide bonds. The Kier molecular flexibility index (Phi) is 5.27. The number of benzene rings is 1. The number of carboxylic acid groups (broad SMARTS) is 1. The SMILES string of the molecule is O=C(O)/C=C/c1cc(F)c(OCC2CCCCO2)c(F)c1. The van der Waals surface area contributed by atoms with Crippen molar-refractivity contribution in [2.24, 2.45) is 0 Å². The highest BCUT2D eigenvalue weighted by molar-refractivity contribution is 5.85. The lowest BCUT2D eigenvalue weighted by Crippen LogP contribution is -2.26. The Hall–Kier alpha value is -1.95. The van der Waals surface area contributed by atoms with Gasteiger partial charge in [0.2, 0.25) is 0 Å². The van der Waals surface area contributed by atoms with Gasteiger partial charge in [-0.25, -0.2) is 13.6 Å². The first-order chi connectivity index (χ1) is 10.1. The minimum absolute atomic E-state index is 0.0954. The van der Waals surface area contributed by atoms with Gasteiger partial charge in [0.25, 0.3) is 0 Å². The van der Waals surface area contributed by atoms with E-state index in [-0.39, 0.29) is 18.3 Å². The summed E-state index contributed by atoms with van der Waals surface area (Å²) < 4.78 is 38.2. The Morgan fingerprint density at radius 3 is 2.67 bits per heavy atom. The zero-order valence-electron chi connectivity index (χ0n) is 11.4. The van der Waals surface area contributed by atoms with Crippen LogP contribution in [-0.2, 0) is 9.53 Å². The van der Waals surface area contributed by atoms with Crippen LogP contribution in [0, 0.1) is 11.6 Å². The fourth-order valence-electron chi connectivity index (χ4n) is 2.10. The van der Waals surface area contributed by atoms with E-state index in [9.17, 15) is 13.6 Å². The Morgan fingerprint density at radius 1 is 1.38 bits per heavy atom. The molecule has 1 saturated heterocycles. The van der Waals surface area contributed by atoms with Gasteiger partial charge in [0, 0.05) is 12.7 Å². The summed E-state index contributed by atoms with van der Waals surface area (Å²) in [6.07, 6.45) is 4.58. The monoisotopic (exact) mass is 298 g/mol. The second-order valence-electron chi connectivity index (χ2n) is 4.78. The Bertz CT molecular complexity index is 513. The predicted molar refractivity (Wildman–Crippen MR) is 72.1 cm³/mol. The number of hydrogen-bond acceptors (Lipinski definition) is 3. The van der Waals surface area contributed by atoms with Crippen LogP contribution >= 0.6 is 0 Å². The standard InChI is InChI=1S/C15H16F2O4/c16-12-7-10(4-5-14(18)19)8-13(17)15(12)21-9-11-3-1-2-6-20-11/h4-5,7-8,11H,1-3,6,9H2,(H,18,19)/b5-4+. The molecule has 114 valence electrons. The summed E-state index contributed by atoms with van der Waals surface area (Å²) in [6, 6.07) is 2.05. The van der Waals surface area contributed by atoms with Crippen LogP contribution < -0.4 is 4.74 Å². The largest absolute Gasteiger partial charge is 0.485 e. The van der Waals surface area contributed by atoms with Gasteiger partial charge in [-0.15, -0.1) is 0 Å². The first-order valence-corrected chi connectivity index (χ1v) is 6.70. The third-order valence-electron chi connectivity index (χ3n) is 3.13. The summed E-state index contributed by atoms with van der Waals surface area (Å²) in [5.74, 6) is -3.38. The summed E-state index contributed by atoms with van der Waals surface area (Å²) in [4.78, 5) is 10.4. The Balaban J connectivity index is 2.04. The molecule has 1 aliphatic rings. The average Bonchev–Trinajstić information content (AvgIpc) is 2.45. The van der Waals surface area contributed by atoms with Crippen LogP contribution in [0.25, 0.3) is 6.08 Å². The van der Waals surface area contributed by atoms with Crippen LogP contribution in [0.3, 0.4) is 0 Å². The molecule has 1 heterocycles. The van der Waals surface area contributed by atoms with Crippen molar-refractivity contribution in [3.63, 3.8) is 0 Å². The van der Waals surface area contributed by atoms with Crippen molar-refractivity contribution in [1.82, 2.24) is 0 Å². The average molecular weight is 298 g/mol. The molecule has 0 bridgehead atoms. The van der Waals surface area contributed by atoms with E-state index >= 15 is 0 Å². The third kappa shape index (κ3) is 4.53.